The van der Waals surface area contributed by atoms with Gasteiger partial charge in [0.05, 0.1) is 7.11 Å². The zero-order valence-corrected chi connectivity index (χ0v) is 14.4. The first-order valence-electron chi connectivity index (χ1n) is 7.93. The highest BCUT2D eigenvalue weighted by Gasteiger charge is 2.13. The minimum absolute atomic E-state index is 0.0620. The first-order chi connectivity index (χ1) is 12.5. The van der Waals surface area contributed by atoms with Gasteiger partial charge in [-0.1, -0.05) is 17.3 Å². The number of methoxy groups -OCH3 is 1. The molecule has 0 aliphatic heterocycles. The van der Waals surface area contributed by atoms with E-state index in [1.165, 1.54) is 6.92 Å². The predicted molar refractivity (Wildman–Crippen MR) is 95.1 cm³/mol. The Balaban J connectivity index is 1.65. The first kappa shape index (κ1) is 17.3. The highest BCUT2D eigenvalue weighted by molar-refractivity contribution is 5.97. The third kappa shape index (κ3) is 4.13. The van der Waals surface area contributed by atoms with Gasteiger partial charge in [0, 0.05) is 16.8 Å². The van der Waals surface area contributed by atoms with Gasteiger partial charge in [-0.2, -0.15) is 4.98 Å². The van der Waals surface area contributed by atoms with Crippen LogP contribution in [-0.4, -0.2) is 28.9 Å². The molecule has 0 aliphatic rings. The summed E-state index contributed by atoms with van der Waals surface area (Å²) >= 11 is 0. The number of Topliss-reactive ketones (excluding diaryl/α,β-unsaturated/α-hetero) is 1. The van der Waals surface area contributed by atoms with E-state index >= 15 is 0 Å². The van der Waals surface area contributed by atoms with Crippen LogP contribution in [0.2, 0.25) is 0 Å². The van der Waals surface area contributed by atoms with Crippen LogP contribution < -0.4 is 10.1 Å². The smallest absolute Gasteiger partial charge is 0.236 e. The minimum Gasteiger partial charge on any atom is -0.497 e. The molecule has 7 nitrogen and oxygen atoms in total. The molecule has 1 amide bonds. The number of ether oxygens (including phenoxy) is 1. The summed E-state index contributed by atoms with van der Waals surface area (Å²) in [5, 5.41) is 6.60. The molecular weight excluding hydrogens is 334 g/mol. The van der Waals surface area contributed by atoms with Gasteiger partial charge in [0.2, 0.25) is 17.6 Å². The standard InChI is InChI=1S/C19H17N3O4/c1-12(23)14-4-3-5-15(10-14)20-17(24)11-18-21-19(22-26-18)13-6-8-16(25-2)9-7-13/h3-10H,11H2,1-2H3,(H,20,24). The molecule has 0 bridgehead atoms. The Morgan fingerprint density at radius 1 is 1.15 bits per heavy atom. The first-order valence-corrected chi connectivity index (χ1v) is 7.93. The van der Waals surface area contributed by atoms with E-state index in [-0.39, 0.29) is 24.0 Å². The van der Waals surface area contributed by atoms with E-state index in [1.54, 1.807) is 55.6 Å². The predicted octanol–water partition coefficient (Wildman–Crippen LogP) is 3.13. The van der Waals surface area contributed by atoms with Crippen LogP contribution >= 0.6 is 0 Å². The SMILES string of the molecule is COc1ccc(-c2noc(CC(=O)Nc3cccc(C(C)=O)c3)n2)cc1. The van der Waals surface area contributed by atoms with E-state index in [1.807, 2.05) is 0 Å². The Morgan fingerprint density at radius 2 is 1.92 bits per heavy atom. The summed E-state index contributed by atoms with van der Waals surface area (Å²) in [6, 6.07) is 13.9. The summed E-state index contributed by atoms with van der Waals surface area (Å²) in [5.74, 6) is 0.951. The summed E-state index contributed by atoms with van der Waals surface area (Å²) in [6.07, 6.45) is -0.0620. The number of carbonyl (C=O) groups is 2. The number of aromatic nitrogens is 2. The molecule has 0 aliphatic carbocycles. The molecule has 1 heterocycles. The second kappa shape index (κ2) is 7.60. The lowest BCUT2D eigenvalue weighted by molar-refractivity contribution is -0.115. The maximum atomic E-state index is 12.2. The average molecular weight is 351 g/mol. The molecule has 0 spiro atoms. The van der Waals surface area contributed by atoms with Crippen molar-refractivity contribution in [3.05, 3.63) is 60.0 Å². The Morgan fingerprint density at radius 3 is 2.62 bits per heavy atom. The Kier molecular flexibility index (Phi) is 5.07. The second-order valence-corrected chi connectivity index (χ2v) is 5.60. The van der Waals surface area contributed by atoms with Crippen LogP contribution in [0.4, 0.5) is 5.69 Å². The molecule has 132 valence electrons. The topological polar surface area (TPSA) is 94.3 Å². The lowest BCUT2D eigenvalue weighted by atomic mass is 10.1. The number of nitrogens with zero attached hydrogens (tertiary/aromatic N) is 2. The second-order valence-electron chi connectivity index (χ2n) is 5.60. The van der Waals surface area contributed by atoms with E-state index in [4.69, 9.17) is 9.26 Å². The van der Waals surface area contributed by atoms with Gasteiger partial charge >= 0.3 is 0 Å². The molecule has 7 heteroatoms. The van der Waals surface area contributed by atoms with Gasteiger partial charge in [0.15, 0.2) is 5.78 Å². The van der Waals surface area contributed by atoms with Gasteiger partial charge in [0.1, 0.15) is 12.2 Å². The molecule has 2 aromatic carbocycles. The van der Waals surface area contributed by atoms with Gasteiger partial charge in [-0.25, -0.2) is 0 Å². The quantitative estimate of drug-likeness (QED) is 0.686. The van der Waals surface area contributed by atoms with E-state index in [9.17, 15) is 9.59 Å². The number of carbonyl (C=O) groups excluding carboxylic acids is 2. The van der Waals surface area contributed by atoms with E-state index in [0.717, 1.165) is 11.3 Å². The summed E-state index contributed by atoms with van der Waals surface area (Å²) in [5.41, 5.74) is 1.83. The molecule has 0 saturated carbocycles. The number of ketones is 1. The fourth-order valence-corrected chi connectivity index (χ4v) is 2.34. The van der Waals surface area contributed by atoms with Crippen molar-refractivity contribution >= 4 is 17.4 Å². The number of amides is 1. The van der Waals surface area contributed by atoms with Crippen LogP contribution in [0.25, 0.3) is 11.4 Å². The molecule has 3 rings (SSSR count). The molecule has 0 saturated heterocycles. The summed E-state index contributed by atoms with van der Waals surface area (Å²) < 4.78 is 10.2. The lowest BCUT2D eigenvalue weighted by Gasteiger charge is -2.04. The van der Waals surface area contributed by atoms with Gasteiger partial charge in [-0.15, -0.1) is 0 Å². The molecule has 0 fully saturated rings. The van der Waals surface area contributed by atoms with Crippen molar-refractivity contribution in [1.29, 1.82) is 0 Å². The molecule has 0 atom stereocenters. The number of anilines is 1. The number of nitrogens with one attached hydrogen (secondary N) is 1. The number of benzene rings is 2. The zero-order chi connectivity index (χ0) is 18.5. The average Bonchev–Trinajstić information content (AvgIpc) is 3.10. The van der Waals surface area contributed by atoms with Crippen LogP contribution in [0.5, 0.6) is 5.75 Å². The Labute approximate surface area is 150 Å². The van der Waals surface area contributed by atoms with E-state index in [2.05, 4.69) is 15.5 Å². The number of hydrogen-bond donors (Lipinski definition) is 1. The summed E-state index contributed by atoms with van der Waals surface area (Å²) in [6.45, 7) is 1.47. The summed E-state index contributed by atoms with van der Waals surface area (Å²) in [7, 11) is 1.59. The Bertz CT molecular complexity index is 932. The minimum atomic E-state index is -0.310. The van der Waals surface area contributed by atoms with Gasteiger partial charge in [-0.05, 0) is 43.3 Å². The molecular formula is C19H17N3O4. The van der Waals surface area contributed by atoms with Crippen LogP contribution in [0, 0.1) is 0 Å². The van der Waals surface area contributed by atoms with Gasteiger partial charge in [0.25, 0.3) is 0 Å². The normalized spacial score (nSPS) is 10.4. The number of hydrogen-bond acceptors (Lipinski definition) is 6. The monoisotopic (exact) mass is 351 g/mol. The van der Waals surface area contributed by atoms with E-state index in [0.29, 0.717) is 17.1 Å². The summed E-state index contributed by atoms with van der Waals surface area (Å²) in [4.78, 5) is 27.8. The van der Waals surface area contributed by atoms with Crippen LogP contribution in [-0.2, 0) is 11.2 Å². The highest BCUT2D eigenvalue weighted by atomic mass is 16.5. The third-order valence-corrected chi connectivity index (χ3v) is 3.68. The molecule has 0 radical (unpaired) electrons. The maximum Gasteiger partial charge on any atom is 0.236 e. The molecule has 3 aromatic rings. The van der Waals surface area contributed by atoms with Crippen molar-refractivity contribution in [2.24, 2.45) is 0 Å². The number of rotatable bonds is 6. The van der Waals surface area contributed by atoms with Crippen molar-refractivity contribution in [3.63, 3.8) is 0 Å². The molecule has 0 unspecified atom stereocenters. The molecule has 26 heavy (non-hydrogen) atoms. The fraction of sp³-hybridized carbons (Fsp3) is 0.158. The van der Waals surface area contributed by atoms with E-state index < -0.39 is 0 Å². The fourth-order valence-electron chi connectivity index (χ4n) is 2.34. The van der Waals surface area contributed by atoms with Crippen molar-refractivity contribution in [2.45, 2.75) is 13.3 Å². The lowest BCUT2D eigenvalue weighted by Crippen LogP contribution is -2.14. The van der Waals surface area contributed by atoms with Crippen LogP contribution in [0.3, 0.4) is 0 Å². The van der Waals surface area contributed by atoms with Crippen molar-refractivity contribution in [2.75, 3.05) is 12.4 Å². The van der Waals surface area contributed by atoms with Crippen molar-refractivity contribution in [3.8, 4) is 17.1 Å². The van der Waals surface area contributed by atoms with Gasteiger partial charge in [-0.3, -0.25) is 9.59 Å². The van der Waals surface area contributed by atoms with Crippen molar-refractivity contribution < 1.29 is 18.8 Å². The third-order valence-electron chi connectivity index (χ3n) is 3.68. The largest absolute Gasteiger partial charge is 0.497 e. The molecule has 1 N–H and O–H groups in total. The van der Waals surface area contributed by atoms with Crippen LogP contribution in [0.1, 0.15) is 23.2 Å². The highest BCUT2D eigenvalue weighted by Crippen LogP contribution is 2.20. The van der Waals surface area contributed by atoms with Gasteiger partial charge < -0.3 is 14.6 Å². The van der Waals surface area contributed by atoms with Crippen LogP contribution in [0.15, 0.2) is 53.1 Å². The molecule has 1 aromatic heterocycles. The maximum absolute atomic E-state index is 12.2. The van der Waals surface area contributed by atoms with Crippen molar-refractivity contribution in [1.82, 2.24) is 10.1 Å². The Hall–Kier alpha value is -3.48. The zero-order valence-electron chi connectivity index (χ0n) is 14.4.